The van der Waals surface area contributed by atoms with Crippen LogP contribution in [0.25, 0.3) is 0 Å². The summed E-state index contributed by atoms with van der Waals surface area (Å²) in [6.45, 7) is 0. The first-order chi connectivity index (χ1) is 7.04. The molecule has 0 fully saturated rings. The number of phenols is 1. The quantitative estimate of drug-likeness (QED) is 0.543. The predicted octanol–water partition coefficient (Wildman–Crippen LogP) is 1.71. The van der Waals surface area contributed by atoms with Crippen LogP contribution in [0, 0.1) is 17.7 Å². The molecule has 0 unspecified atom stereocenters. The maximum atomic E-state index is 12.9. The molecular weight excluding hydrogens is 223 g/mol. The highest BCUT2D eigenvalue weighted by Crippen LogP contribution is 2.24. The van der Waals surface area contributed by atoms with Crippen LogP contribution in [0.2, 0.25) is 5.02 Å². The fraction of sp³-hybridized carbons (Fsp3) is 0.100. The molecule has 0 spiro atoms. The summed E-state index contributed by atoms with van der Waals surface area (Å²) in [6.07, 6.45) is 0. The van der Waals surface area contributed by atoms with Gasteiger partial charge in [-0.2, -0.15) is 0 Å². The Morgan fingerprint density at radius 2 is 2.27 bits per heavy atom. The molecule has 0 heterocycles. The van der Waals surface area contributed by atoms with E-state index in [1.54, 1.807) is 0 Å². The van der Waals surface area contributed by atoms with Crippen LogP contribution in [0.3, 0.4) is 0 Å². The first-order valence-electron chi connectivity index (χ1n) is 3.82. The molecule has 0 radical (unpaired) electrons. The monoisotopic (exact) mass is 228 g/mol. The van der Waals surface area contributed by atoms with Crippen LogP contribution in [0.4, 0.5) is 4.39 Å². The summed E-state index contributed by atoms with van der Waals surface area (Å²) in [4.78, 5) is 10.7. The fourth-order valence-corrected chi connectivity index (χ4v) is 1.04. The van der Waals surface area contributed by atoms with Gasteiger partial charge in [0.1, 0.15) is 0 Å². The van der Waals surface area contributed by atoms with Crippen molar-refractivity contribution in [3.05, 3.63) is 28.5 Å². The summed E-state index contributed by atoms with van der Waals surface area (Å²) in [6, 6.07) is 2.19. The smallest absolute Gasteiger partial charge is 0.384 e. The number of carbonyl (C=O) groups is 1. The molecule has 0 amide bonds. The fourth-order valence-electron chi connectivity index (χ4n) is 0.831. The van der Waals surface area contributed by atoms with E-state index in [0.29, 0.717) is 0 Å². The van der Waals surface area contributed by atoms with Crippen molar-refractivity contribution in [1.82, 2.24) is 0 Å². The van der Waals surface area contributed by atoms with Gasteiger partial charge in [0, 0.05) is 10.9 Å². The second kappa shape index (κ2) is 4.67. The lowest BCUT2D eigenvalue weighted by Crippen LogP contribution is -1.94. The molecule has 1 aromatic carbocycles. The van der Waals surface area contributed by atoms with E-state index in [4.69, 9.17) is 11.6 Å². The molecule has 0 aliphatic carbocycles. The molecule has 0 aromatic heterocycles. The van der Waals surface area contributed by atoms with E-state index in [-0.39, 0.29) is 10.6 Å². The Balaban J connectivity index is 3.13. The van der Waals surface area contributed by atoms with Crippen molar-refractivity contribution in [3.63, 3.8) is 0 Å². The number of benzene rings is 1. The molecule has 78 valence electrons. The highest BCUT2D eigenvalue weighted by molar-refractivity contribution is 6.30. The van der Waals surface area contributed by atoms with Crippen molar-refractivity contribution in [2.75, 3.05) is 7.11 Å². The first kappa shape index (κ1) is 11.3. The van der Waals surface area contributed by atoms with Crippen molar-refractivity contribution < 1.29 is 19.0 Å². The molecule has 0 aliphatic rings. The van der Waals surface area contributed by atoms with E-state index >= 15 is 0 Å². The van der Waals surface area contributed by atoms with Crippen LogP contribution in [0.15, 0.2) is 12.1 Å². The van der Waals surface area contributed by atoms with Crippen LogP contribution in [-0.4, -0.2) is 18.2 Å². The average molecular weight is 229 g/mol. The summed E-state index contributed by atoms with van der Waals surface area (Å²) in [5.41, 5.74) is -0.0644. The second-order valence-corrected chi connectivity index (χ2v) is 2.96. The summed E-state index contributed by atoms with van der Waals surface area (Å²) >= 11 is 5.54. The molecule has 0 atom stereocenters. The normalized spacial score (nSPS) is 9.00. The van der Waals surface area contributed by atoms with Gasteiger partial charge < -0.3 is 9.84 Å². The molecule has 1 rings (SSSR count). The zero-order valence-electron chi connectivity index (χ0n) is 7.67. The van der Waals surface area contributed by atoms with E-state index in [1.807, 2.05) is 5.92 Å². The number of hydrogen-bond donors (Lipinski definition) is 1. The predicted molar refractivity (Wildman–Crippen MR) is 52.0 cm³/mol. The zero-order chi connectivity index (χ0) is 11.4. The SMILES string of the molecule is COC(=O)C#Cc1cc(Cl)cc(F)c1O. The number of carbonyl (C=O) groups excluding carboxylic acids is 1. The van der Waals surface area contributed by atoms with Gasteiger partial charge in [-0.25, -0.2) is 9.18 Å². The molecule has 0 aliphatic heterocycles. The van der Waals surface area contributed by atoms with Crippen molar-refractivity contribution in [3.8, 4) is 17.6 Å². The molecule has 15 heavy (non-hydrogen) atoms. The van der Waals surface area contributed by atoms with Crippen molar-refractivity contribution in [2.45, 2.75) is 0 Å². The standard InChI is InChI=1S/C10H6ClFO3/c1-15-9(13)3-2-6-4-7(11)5-8(12)10(6)14/h4-5,14H,1H3. The summed E-state index contributed by atoms with van der Waals surface area (Å²) in [5, 5.41) is 9.30. The van der Waals surface area contributed by atoms with Gasteiger partial charge in [-0.15, -0.1) is 0 Å². The Bertz CT molecular complexity index is 460. The lowest BCUT2D eigenvalue weighted by atomic mass is 10.2. The van der Waals surface area contributed by atoms with E-state index < -0.39 is 17.5 Å². The lowest BCUT2D eigenvalue weighted by molar-refractivity contribution is -0.133. The number of ether oxygens (including phenoxy) is 1. The van der Waals surface area contributed by atoms with E-state index in [9.17, 15) is 14.3 Å². The number of esters is 1. The molecule has 0 saturated heterocycles. The number of aromatic hydroxyl groups is 1. The van der Waals surface area contributed by atoms with Gasteiger partial charge in [0.15, 0.2) is 11.6 Å². The molecule has 5 heteroatoms. The maximum absolute atomic E-state index is 12.9. The molecule has 0 saturated carbocycles. The minimum atomic E-state index is -0.892. The Morgan fingerprint density at radius 3 is 2.87 bits per heavy atom. The third kappa shape index (κ3) is 2.86. The van der Waals surface area contributed by atoms with Gasteiger partial charge in [0.25, 0.3) is 0 Å². The first-order valence-corrected chi connectivity index (χ1v) is 4.20. The van der Waals surface area contributed by atoms with Gasteiger partial charge in [-0.1, -0.05) is 17.5 Å². The van der Waals surface area contributed by atoms with Crippen LogP contribution >= 0.6 is 11.6 Å². The van der Waals surface area contributed by atoms with Gasteiger partial charge in [-0.3, -0.25) is 0 Å². The number of phenolic OH excluding ortho intramolecular Hbond substituents is 1. The maximum Gasteiger partial charge on any atom is 0.384 e. The summed E-state index contributed by atoms with van der Waals surface area (Å²) < 4.78 is 17.2. The number of methoxy groups -OCH3 is 1. The second-order valence-electron chi connectivity index (χ2n) is 2.53. The minimum Gasteiger partial charge on any atom is -0.504 e. The van der Waals surface area contributed by atoms with E-state index in [1.165, 1.54) is 6.07 Å². The van der Waals surface area contributed by atoms with Gasteiger partial charge in [0.05, 0.1) is 12.7 Å². The van der Waals surface area contributed by atoms with Crippen LogP contribution in [-0.2, 0) is 9.53 Å². The topological polar surface area (TPSA) is 46.5 Å². The Kier molecular flexibility index (Phi) is 3.53. The summed E-state index contributed by atoms with van der Waals surface area (Å²) in [5.74, 6) is 1.98. The van der Waals surface area contributed by atoms with E-state index in [0.717, 1.165) is 13.2 Å². The summed E-state index contributed by atoms with van der Waals surface area (Å²) in [7, 11) is 1.16. The third-order valence-corrected chi connectivity index (χ3v) is 1.73. The minimum absolute atomic E-state index is 0.0644. The van der Waals surface area contributed by atoms with E-state index in [2.05, 4.69) is 10.7 Å². The largest absolute Gasteiger partial charge is 0.504 e. The van der Waals surface area contributed by atoms with Crippen molar-refractivity contribution in [2.24, 2.45) is 0 Å². The highest BCUT2D eigenvalue weighted by Gasteiger charge is 2.07. The average Bonchev–Trinajstić information content (AvgIpc) is 2.20. The molecule has 1 aromatic rings. The van der Waals surface area contributed by atoms with Gasteiger partial charge in [-0.05, 0) is 12.1 Å². The molecule has 1 N–H and O–H groups in total. The van der Waals surface area contributed by atoms with Gasteiger partial charge in [0.2, 0.25) is 0 Å². The molecule has 0 bridgehead atoms. The van der Waals surface area contributed by atoms with Crippen LogP contribution in [0.1, 0.15) is 5.56 Å². The number of halogens is 2. The Morgan fingerprint density at radius 1 is 1.60 bits per heavy atom. The third-order valence-electron chi connectivity index (χ3n) is 1.51. The Hall–Kier alpha value is -1.73. The lowest BCUT2D eigenvalue weighted by Gasteiger charge is -1.99. The number of rotatable bonds is 0. The highest BCUT2D eigenvalue weighted by atomic mass is 35.5. The zero-order valence-corrected chi connectivity index (χ0v) is 8.43. The van der Waals surface area contributed by atoms with Gasteiger partial charge >= 0.3 is 5.97 Å². The van der Waals surface area contributed by atoms with Crippen LogP contribution in [0.5, 0.6) is 5.75 Å². The van der Waals surface area contributed by atoms with Crippen molar-refractivity contribution in [1.29, 1.82) is 0 Å². The van der Waals surface area contributed by atoms with Crippen molar-refractivity contribution >= 4 is 17.6 Å². The van der Waals surface area contributed by atoms with Crippen LogP contribution < -0.4 is 0 Å². The Labute approximate surface area is 90.4 Å². The molecular formula is C10H6ClFO3. The number of hydrogen-bond acceptors (Lipinski definition) is 3. The molecule has 3 nitrogen and oxygen atoms in total.